The number of nitrogens with one attached hydrogen (secondary N) is 2. The Morgan fingerprint density at radius 3 is 2.45 bits per heavy atom. The summed E-state index contributed by atoms with van der Waals surface area (Å²) >= 11 is 6.12. The first kappa shape index (κ1) is 14.4. The van der Waals surface area contributed by atoms with Crippen LogP contribution < -0.4 is 10.6 Å². The third-order valence-corrected chi connectivity index (χ3v) is 3.21. The van der Waals surface area contributed by atoms with E-state index >= 15 is 0 Å². The molecule has 0 saturated heterocycles. The molecule has 0 unspecified atom stereocenters. The fourth-order valence-corrected chi connectivity index (χ4v) is 2.05. The molecular formula is C16H17ClN2O. The summed E-state index contributed by atoms with van der Waals surface area (Å²) in [6, 6.07) is 13.9. The summed E-state index contributed by atoms with van der Waals surface area (Å²) in [5.41, 5.74) is 4.00. The minimum atomic E-state index is -0.132. The Kier molecular flexibility index (Phi) is 4.64. The second-order valence-corrected chi connectivity index (χ2v) is 5.12. The fraction of sp³-hybridized carbons (Fsp3) is 0.188. The molecule has 104 valence electrons. The largest absolute Gasteiger partial charge is 0.381 e. The Bertz CT molecular complexity index is 608. The maximum absolute atomic E-state index is 11.0. The predicted molar refractivity (Wildman–Crippen MR) is 84.3 cm³/mol. The second-order valence-electron chi connectivity index (χ2n) is 4.71. The van der Waals surface area contributed by atoms with Gasteiger partial charge in [0.2, 0.25) is 5.91 Å². The van der Waals surface area contributed by atoms with Crippen molar-refractivity contribution in [3.05, 3.63) is 58.6 Å². The van der Waals surface area contributed by atoms with Crippen LogP contribution in [0.5, 0.6) is 0 Å². The molecule has 2 aromatic rings. The molecule has 0 saturated carbocycles. The lowest BCUT2D eigenvalue weighted by Crippen LogP contribution is -2.06. The molecule has 0 aromatic heterocycles. The number of anilines is 2. The SMILES string of the molecule is CC(=O)Nc1ccc(NCc2ccc(C)cc2)cc1Cl. The van der Waals surface area contributed by atoms with E-state index in [0.29, 0.717) is 10.7 Å². The zero-order valence-electron chi connectivity index (χ0n) is 11.5. The number of amides is 1. The number of benzene rings is 2. The Morgan fingerprint density at radius 1 is 1.15 bits per heavy atom. The van der Waals surface area contributed by atoms with Crippen LogP contribution in [0.3, 0.4) is 0 Å². The van der Waals surface area contributed by atoms with Gasteiger partial charge < -0.3 is 10.6 Å². The highest BCUT2D eigenvalue weighted by Gasteiger charge is 2.03. The van der Waals surface area contributed by atoms with Crippen LogP contribution in [0.2, 0.25) is 5.02 Å². The van der Waals surface area contributed by atoms with E-state index in [1.807, 2.05) is 6.07 Å². The van der Waals surface area contributed by atoms with Crippen LogP contribution in [0.25, 0.3) is 0 Å². The Morgan fingerprint density at radius 2 is 1.85 bits per heavy atom. The number of rotatable bonds is 4. The van der Waals surface area contributed by atoms with Crippen LogP contribution in [-0.2, 0) is 11.3 Å². The number of halogens is 1. The first-order valence-corrected chi connectivity index (χ1v) is 6.79. The number of carbonyl (C=O) groups excluding carboxylic acids is 1. The van der Waals surface area contributed by atoms with Crippen molar-refractivity contribution < 1.29 is 4.79 Å². The molecule has 4 heteroatoms. The van der Waals surface area contributed by atoms with E-state index in [9.17, 15) is 4.79 Å². The van der Waals surface area contributed by atoms with Crippen molar-refractivity contribution in [1.29, 1.82) is 0 Å². The van der Waals surface area contributed by atoms with E-state index in [4.69, 9.17) is 11.6 Å². The zero-order valence-corrected chi connectivity index (χ0v) is 12.3. The van der Waals surface area contributed by atoms with E-state index in [-0.39, 0.29) is 5.91 Å². The number of hydrogen-bond donors (Lipinski definition) is 2. The van der Waals surface area contributed by atoms with Gasteiger partial charge in [0.1, 0.15) is 0 Å². The highest BCUT2D eigenvalue weighted by molar-refractivity contribution is 6.34. The van der Waals surface area contributed by atoms with Crippen LogP contribution in [-0.4, -0.2) is 5.91 Å². The molecule has 1 amide bonds. The summed E-state index contributed by atoms with van der Waals surface area (Å²) in [6.07, 6.45) is 0. The predicted octanol–water partition coefficient (Wildman–Crippen LogP) is 4.22. The highest BCUT2D eigenvalue weighted by atomic mass is 35.5. The molecule has 0 radical (unpaired) electrons. The van der Waals surface area contributed by atoms with Gasteiger partial charge in [-0.15, -0.1) is 0 Å². The van der Waals surface area contributed by atoms with E-state index in [1.54, 1.807) is 12.1 Å². The lowest BCUT2D eigenvalue weighted by atomic mass is 10.1. The molecular weight excluding hydrogens is 272 g/mol. The van der Waals surface area contributed by atoms with Gasteiger partial charge >= 0.3 is 0 Å². The average molecular weight is 289 g/mol. The lowest BCUT2D eigenvalue weighted by Gasteiger charge is -2.10. The van der Waals surface area contributed by atoms with Gasteiger partial charge in [0, 0.05) is 19.2 Å². The van der Waals surface area contributed by atoms with E-state index in [2.05, 4.69) is 41.8 Å². The van der Waals surface area contributed by atoms with Gasteiger partial charge in [0.15, 0.2) is 0 Å². The summed E-state index contributed by atoms with van der Waals surface area (Å²) in [5.74, 6) is -0.132. The molecule has 0 bridgehead atoms. The molecule has 0 heterocycles. The van der Waals surface area contributed by atoms with Gasteiger partial charge in [-0.1, -0.05) is 41.4 Å². The molecule has 20 heavy (non-hydrogen) atoms. The van der Waals surface area contributed by atoms with Crippen LogP contribution >= 0.6 is 11.6 Å². The van der Waals surface area contributed by atoms with E-state index in [0.717, 1.165) is 12.2 Å². The maximum atomic E-state index is 11.0. The van der Waals surface area contributed by atoms with Gasteiger partial charge in [-0.2, -0.15) is 0 Å². The Balaban J connectivity index is 2.01. The fourth-order valence-electron chi connectivity index (χ4n) is 1.83. The van der Waals surface area contributed by atoms with Gasteiger partial charge in [0.25, 0.3) is 0 Å². The standard InChI is InChI=1S/C16H17ClN2O/c1-11-3-5-13(6-4-11)10-18-14-7-8-16(15(17)9-14)19-12(2)20/h3-9,18H,10H2,1-2H3,(H,19,20). The quantitative estimate of drug-likeness (QED) is 0.884. The lowest BCUT2D eigenvalue weighted by molar-refractivity contribution is -0.114. The normalized spacial score (nSPS) is 10.2. The summed E-state index contributed by atoms with van der Waals surface area (Å²) in [6.45, 7) is 4.26. The summed E-state index contributed by atoms with van der Waals surface area (Å²) in [7, 11) is 0. The van der Waals surface area contributed by atoms with Crippen LogP contribution in [0, 0.1) is 6.92 Å². The topological polar surface area (TPSA) is 41.1 Å². The summed E-state index contributed by atoms with van der Waals surface area (Å²) in [5, 5.41) is 6.51. The molecule has 2 rings (SSSR count). The molecule has 3 nitrogen and oxygen atoms in total. The van der Waals surface area contributed by atoms with Crippen molar-refractivity contribution in [1.82, 2.24) is 0 Å². The molecule has 0 aliphatic carbocycles. The van der Waals surface area contributed by atoms with E-state index < -0.39 is 0 Å². The monoisotopic (exact) mass is 288 g/mol. The minimum Gasteiger partial charge on any atom is -0.381 e. The van der Waals surface area contributed by atoms with Crippen molar-refractivity contribution in [2.24, 2.45) is 0 Å². The minimum absolute atomic E-state index is 0.132. The molecule has 2 aromatic carbocycles. The Labute approximate surface area is 124 Å². The highest BCUT2D eigenvalue weighted by Crippen LogP contribution is 2.25. The van der Waals surface area contributed by atoms with Gasteiger partial charge in [0.05, 0.1) is 10.7 Å². The van der Waals surface area contributed by atoms with Gasteiger partial charge in [-0.25, -0.2) is 0 Å². The summed E-state index contributed by atoms with van der Waals surface area (Å²) in [4.78, 5) is 11.0. The van der Waals surface area contributed by atoms with Gasteiger partial charge in [-0.3, -0.25) is 4.79 Å². The van der Waals surface area contributed by atoms with Gasteiger partial charge in [-0.05, 0) is 30.7 Å². The van der Waals surface area contributed by atoms with Crippen molar-refractivity contribution in [3.63, 3.8) is 0 Å². The summed E-state index contributed by atoms with van der Waals surface area (Å²) < 4.78 is 0. The third kappa shape index (κ3) is 4.00. The third-order valence-electron chi connectivity index (χ3n) is 2.90. The molecule has 0 fully saturated rings. The molecule has 2 N–H and O–H groups in total. The molecule has 0 aliphatic rings. The van der Waals surface area contributed by atoms with Crippen LogP contribution in [0.15, 0.2) is 42.5 Å². The van der Waals surface area contributed by atoms with Crippen molar-refractivity contribution in [3.8, 4) is 0 Å². The Hall–Kier alpha value is -2.00. The first-order valence-electron chi connectivity index (χ1n) is 6.41. The van der Waals surface area contributed by atoms with Crippen molar-refractivity contribution >= 4 is 28.9 Å². The first-order chi connectivity index (χ1) is 9.54. The molecule has 0 atom stereocenters. The number of hydrogen-bond acceptors (Lipinski definition) is 2. The zero-order chi connectivity index (χ0) is 14.5. The van der Waals surface area contributed by atoms with Crippen LogP contribution in [0.4, 0.5) is 11.4 Å². The maximum Gasteiger partial charge on any atom is 0.221 e. The smallest absolute Gasteiger partial charge is 0.221 e. The van der Waals surface area contributed by atoms with E-state index in [1.165, 1.54) is 18.1 Å². The average Bonchev–Trinajstić information content (AvgIpc) is 2.40. The number of aryl methyl sites for hydroxylation is 1. The molecule has 0 aliphatic heterocycles. The number of carbonyl (C=O) groups is 1. The second kappa shape index (κ2) is 6.44. The van der Waals surface area contributed by atoms with Crippen LogP contribution in [0.1, 0.15) is 18.1 Å². The molecule has 0 spiro atoms. The van der Waals surface area contributed by atoms with Crippen molar-refractivity contribution in [2.75, 3.05) is 10.6 Å². The van der Waals surface area contributed by atoms with Crippen molar-refractivity contribution in [2.45, 2.75) is 20.4 Å².